The summed E-state index contributed by atoms with van der Waals surface area (Å²) in [5, 5.41) is 3.54. The first-order valence-corrected chi connectivity index (χ1v) is 11.5. The predicted octanol–water partition coefficient (Wildman–Crippen LogP) is 6.03. The second kappa shape index (κ2) is 8.81. The third-order valence-electron chi connectivity index (χ3n) is 6.12. The Morgan fingerprint density at radius 2 is 1.91 bits per heavy atom. The highest BCUT2D eigenvalue weighted by Crippen LogP contribution is 2.48. The summed E-state index contributed by atoms with van der Waals surface area (Å²) in [7, 11) is 0. The number of Topliss-reactive ketones (excluding diaryl/α,β-unsaturated/α-hetero) is 1. The number of rotatable bonds is 5. The van der Waals surface area contributed by atoms with Crippen LogP contribution in [0.15, 0.2) is 59.8 Å². The maximum atomic E-state index is 13.6. The zero-order valence-corrected chi connectivity index (χ0v) is 19.4. The molecule has 5 heteroatoms. The van der Waals surface area contributed by atoms with Crippen LogP contribution in [0.2, 0.25) is 0 Å². The van der Waals surface area contributed by atoms with Crippen LogP contribution in [0, 0.1) is 5.41 Å². The van der Waals surface area contributed by atoms with Gasteiger partial charge in [0.25, 0.3) is 0 Å². The molecule has 2 aromatic carbocycles. The van der Waals surface area contributed by atoms with E-state index in [1.54, 1.807) is 4.90 Å². The molecule has 2 aliphatic rings. The summed E-state index contributed by atoms with van der Waals surface area (Å²) in [4.78, 5) is 28.7. The molecule has 4 rings (SSSR count). The average molecular weight is 433 g/mol. The lowest BCUT2D eigenvalue weighted by atomic mass is 9.73. The molecule has 0 radical (unpaired) electrons. The van der Waals surface area contributed by atoms with E-state index < -0.39 is 6.04 Å². The maximum absolute atomic E-state index is 13.6. The van der Waals surface area contributed by atoms with Gasteiger partial charge in [0.2, 0.25) is 5.91 Å². The van der Waals surface area contributed by atoms with Gasteiger partial charge in [-0.1, -0.05) is 52.0 Å². The molecule has 1 heterocycles. The van der Waals surface area contributed by atoms with Gasteiger partial charge in [-0.05, 0) is 48.1 Å². The molecule has 1 unspecified atom stereocenters. The first-order chi connectivity index (χ1) is 15.3. The highest BCUT2D eigenvalue weighted by atomic mass is 16.5. The Bertz CT molecular complexity index is 1070. The van der Waals surface area contributed by atoms with E-state index >= 15 is 0 Å². The molecular formula is C27H32N2O3. The molecule has 0 aromatic heterocycles. The number of ketones is 1. The molecule has 0 bridgehead atoms. The standard InChI is InChI=1S/C27H32N2O3/c1-5-14-32-19-11-9-10-18(15-19)26-25-21(16-27(3,4)17-23(25)30)28-20-12-7-8-13-22(20)29(26)24(31)6-2/h7-13,15,26,28H,5-6,14,16-17H2,1-4H3. The van der Waals surface area contributed by atoms with Gasteiger partial charge in [0, 0.05) is 24.1 Å². The fourth-order valence-electron chi connectivity index (χ4n) is 4.74. The highest BCUT2D eigenvalue weighted by molar-refractivity contribution is 6.06. The first-order valence-electron chi connectivity index (χ1n) is 11.5. The largest absolute Gasteiger partial charge is 0.494 e. The van der Waals surface area contributed by atoms with Crippen molar-refractivity contribution in [1.82, 2.24) is 0 Å². The number of nitrogens with zero attached hydrogens (tertiary/aromatic N) is 1. The SMILES string of the molecule is CCCOc1cccc(C2C3=C(CC(C)(C)CC3=O)Nc3ccccc3N2C(=O)CC)c1. The number of fused-ring (bicyclic) bond motifs is 1. The van der Waals surface area contributed by atoms with Gasteiger partial charge in [0.15, 0.2) is 5.78 Å². The molecule has 0 saturated heterocycles. The number of hydrogen-bond donors (Lipinski definition) is 1. The van der Waals surface area contributed by atoms with Gasteiger partial charge in [-0.3, -0.25) is 14.5 Å². The van der Waals surface area contributed by atoms with E-state index in [9.17, 15) is 9.59 Å². The Hall–Kier alpha value is -3.08. The van der Waals surface area contributed by atoms with Gasteiger partial charge in [-0.2, -0.15) is 0 Å². The summed E-state index contributed by atoms with van der Waals surface area (Å²) >= 11 is 0. The van der Waals surface area contributed by atoms with Crippen molar-refractivity contribution in [3.05, 3.63) is 65.4 Å². The van der Waals surface area contributed by atoms with E-state index in [-0.39, 0.29) is 17.1 Å². The van der Waals surface area contributed by atoms with Crippen LogP contribution in [-0.2, 0) is 9.59 Å². The van der Waals surface area contributed by atoms with E-state index in [4.69, 9.17) is 4.74 Å². The lowest BCUT2D eigenvalue weighted by Gasteiger charge is -2.37. The summed E-state index contributed by atoms with van der Waals surface area (Å²) in [5.74, 6) is 0.829. The number of benzene rings is 2. The molecule has 168 valence electrons. The fourth-order valence-corrected chi connectivity index (χ4v) is 4.74. The quantitative estimate of drug-likeness (QED) is 0.627. The third-order valence-corrected chi connectivity index (χ3v) is 6.12. The zero-order chi connectivity index (χ0) is 22.9. The van der Waals surface area contributed by atoms with Crippen molar-refractivity contribution < 1.29 is 14.3 Å². The molecule has 1 aliphatic heterocycles. The number of anilines is 2. The molecule has 1 aliphatic carbocycles. The predicted molar refractivity (Wildman–Crippen MR) is 128 cm³/mol. The molecule has 2 aromatic rings. The highest BCUT2D eigenvalue weighted by Gasteiger charge is 2.42. The Kier molecular flexibility index (Phi) is 6.09. The zero-order valence-electron chi connectivity index (χ0n) is 19.4. The van der Waals surface area contributed by atoms with Crippen molar-refractivity contribution >= 4 is 23.1 Å². The minimum atomic E-state index is -0.498. The summed E-state index contributed by atoms with van der Waals surface area (Å²) < 4.78 is 5.89. The molecule has 1 N–H and O–H groups in total. The van der Waals surface area contributed by atoms with Crippen LogP contribution >= 0.6 is 0 Å². The Labute approximate surface area is 190 Å². The van der Waals surface area contributed by atoms with Crippen molar-refractivity contribution in [2.24, 2.45) is 5.41 Å². The Balaban J connectivity index is 1.95. The molecule has 0 saturated carbocycles. The number of nitrogens with one attached hydrogen (secondary N) is 1. The number of amides is 1. The maximum Gasteiger partial charge on any atom is 0.227 e. The van der Waals surface area contributed by atoms with Crippen molar-refractivity contribution in [3.8, 4) is 5.75 Å². The second-order valence-electron chi connectivity index (χ2n) is 9.42. The van der Waals surface area contributed by atoms with E-state index in [1.807, 2.05) is 55.5 Å². The van der Waals surface area contributed by atoms with E-state index in [2.05, 4.69) is 26.1 Å². The van der Waals surface area contributed by atoms with Gasteiger partial charge < -0.3 is 10.1 Å². The Morgan fingerprint density at radius 1 is 1.12 bits per heavy atom. The van der Waals surface area contributed by atoms with Crippen LogP contribution in [0.3, 0.4) is 0 Å². The average Bonchev–Trinajstić information content (AvgIpc) is 2.90. The van der Waals surface area contributed by atoms with Crippen LogP contribution in [0.1, 0.15) is 65.0 Å². The minimum Gasteiger partial charge on any atom is -0.494 e. The van der Waals surface area contributed by atoms with Gasteiger partial charge in [-0.25, -0.2) is 0 Å². The van der Waals surface area contributed by atoms with Gasteiger partial charge in [0.05, 0.1) is 24.0 Å². The van der Waals surface area contributed by atoms with E-state index in [0.717, 1.165) is 41.2 Å². The van der Waals surface area contributed by atoms with Gasteiger partial charge >= 0.3 is 0 Å². The summed E-state index contributed by atoms with van der Waals surface area (Å²) in [5.41, 5.74) is 4.00. The topological polar surface area (TPSA) is 58.6 Å². The summed E-state index contributed by atoms with van der Waals surface area (Å²) in [6, 6.07) is 15.2. The van der Waals surface area contributed by atoms with Gasteiger partial charge in [-0.15, -0.1) is 0 Å². The Morgan fingerprint density at radius 3 is 2.66 bits per heavy atom. The fraction of sp³-hybridized carbons (Fsp3) is 0.407. The monoisotopic (exact) mass is 432 g/mol. The molecule has 1 atom stereocenters. The van der Waals surface area contributed by atoms with Crippen LogP contribution in [0.4, 0.5) is 11.4 Å². The smallest absolute Gasteiger partial charge is 0.227 e. The summed E-state index contributed by atoms with van der Waals surface area (Å²) in [6.45, 7) is 8.80. The van der Waals surface area contributed by atoms with Gasteiger partial charge in [0.1, 0.15) is 5.75 Å². The second-order valence-corrected chi connectivity index (χ2v) is 9.42. The number of carbonyl (C=O) groups is 2. The number of carbonyl (C=O) groups excluding carboxylic acids is 2. The number of para-hydroxylation sites is 2. The number of allylic oxidation sites excluding steroid dienone is 1. The normalized spacial score (nSPS) is 19.6. The van der Waals surface area contributed by atoms with E-state index in [0.29, 0.717) is 25.0 Å². The molecule has 1 amide bonds. The van der Waals surface area contributed by atoms with E-state index in [1.165, 1.54) is 0 Å². The molecule has 0 fully saturated rings. The molecule has 32 heavy (non-hydrogen) atoms. The van der Waals surface area contributed by atoms with Crippen molar-refractivity contribution in [2.45, 2.75) is 59.4 Å². The van der Waals surface area contributed by atoms with Crippen LogP contribution in [0.5, 0.6) is 5.75 Å². The number of ether oxygens (including phenoxy) is 1. The van der Waals surface area contributed by atoms with Crippen LogP contribution < -0.4 is 15.0 Å². The van der Waals surface area contributed by atoms with Crippen LogP contribution in [0.25, 0.3) is 0 Å². The lowest BCUT2D eigenvalue weighted by molar-refractivity contribution is -0.119. The number of hydrogen-bond acceptors (Lipinski definition) is 4. The molecular weight excluding hydrogens is 400 g/mol. The molecule has 0 spiro atoms. The van der Waals surface area contributed by atoms with Crippen LogP contribution in [-0.4, -0.2) is 18.3 Å². The third kappa shape index (κ3) is 4.16. The van der Waals surface area contributed by atoms with Crippen molar-refractivity contribution in [2.75, 3.05) is 16.8 Å². The van der Waals surface area contributed by atoms with Crippen molar-refractivity contribution in [3.63, 3.8) is 0 Å². The van der Waals surface area contributed by atoms with Crippen molar-refractivity contribution in [1.29, 1.82) is 0 Å². The first kappa shape index (κ1) is 22.1. The minimum absolute atomic E-state index is 0.0180. The lowest BCUT2D eigenvalue weighted by Crippen LogP contribution is -2.39. The summed E-state index contributed by atoms with van der Waals surface area (Å²) in [6.07, 6.45) is 2.47. The molecule has 5 nitrogen and oxygen atoms in total.